The van der Waals surface area contributed by atoms with Gasteiger partial charge in [0.2, 0.25) is 5.91 Å². The first-order chi connectivity index (χ1) is 5.79. The molecule has 0 radical (unpaired) electrons. The Hall–Kier alpha value is -0.570. The highest BCUT2D eigenvalue weighted by molar-refractivity contribution is 5.78. The zero-order valence-electron chi connectivity index (χ0n) is 7.62. The Kier molecular flexibility index (Phi) is 3.53. The van der Waals surface area contributed by atoms with Crippen molar-refractivity contribution in [1.29, 1.82) is 0 Å². The van der Waals surface area contributed by atoms with Gasteiger partial charge in [-0.3, -0.25) is 4.79 Å². The normalized spacial score (nSPS) is 23.7. The van der Waals surface area contributed by atoms with Crippen LogP contribution in [-0.4, -0.2) is 35.1 Å². The number of rotatable bonds is 4. The summed E-state index contributed by atoms with van der Waals surface area (Å²) in [6, 6.07) is 0.398. The first kappa shape index (κ1) is 9.52. The molecule has 0 spiro atoms. The average Bonchev–Trinajstić information content (AvgIpc) is 2.37. The molecule has 1 amide bonds. The Morgan fingerprint density at radius 2 is 2.42 bits per heavy atom. The number of hydrogen-bond acceptors (Lipinski definition) is 2. The van der Waals surface area contributed by atoms with Gasteiger partial charge in [-0.05, 0) is 12.8 Å². The van der Waals surface area contributed by atoms with Crippen LogP contribution in [0.1, 0.15) is 32.6 Å². The molecular formula is C9H17NO2. The van der Waals surface area contributed by atoms with E-state index in [9.17, 15) is 4.79 Å². The van der Waals surface area contributed by atoms with E-state index in [4.69, 9.17) is 5.11 Å². The summed E-state index contributed by atoms with van der Waals surface area (Å²) < 4.78 is 0. The zero-order chi connectivity index (χ0) is 8.97. The lowest BCUT2D eigenvalue weighted by Gasteiger charge is -2.23. The third-order valence-corrected chi connectivity index (χ3v) is 2.42. The van der Waals surface area contributed by atoms with E-state index in [0.717, 1.165) is 19.3 Å². The fraction of sp³-hybridized carbons (Fsp3) is 0.889. The van der Waals surface area contributed by atoms with Crippen LogP contribution in [0, 0.1) is 0 Å². The molecule has 1 saturated heterocycles. The van der Waals surface area contributed by atoms with Crippen LogP contribution in [0.15, 0.2) is 0 Å². The van der Waals surface area contributed by atoms with Crippen molar-refractivity contribution in [3.63, 3.8) is 0 Å². The molecular weight excluding hydrogens is 154 g/mol. The van der Waals surface area contributed by atoms with Crippen LogP contribution in [0.5, 0.6) is 0 Å². The van der Waals surface area contributed by atoms with Crippen molar-refractivity contribution < 1.29 is 9.90 Å². The second-order valence-corrected chi connectivity index (χ2v) is 3.29. The minimum absolute atomic E-state index is 0.0892. The van der Waals surface area contributed by atoms with Crippen LogP contribution in [0.4, 0.5) is 0 Å². The van der Waals surface area contributed by atoms with E-state index in [-0.39, 0.29) is 12.5 Å². The van der Waals surface area contributed by atoms with Crippen LogP contribution in [0.25, 0.3) is 0 Å². The van der Waals surface area contributed by atoms with Crippen molar-refractivity contribution in [2.75, 3.05) is 13.2 Å². The van der Waals surface area contributed by atoms with Crippen molar-refractivity contribution in [3.8, 4) is 0 Å². The second kappa shape index (κ2) is 4.45. The van der Waals surface area contributed by atoms with Crippen molar-refractivity contribution in [1.82, 2.24) is 4.90 Å². The fourth-order valence-electron chi connectivity index (χ4n) is 1.84. The summed E-state index contributed by atoms with van der Waals surface area (Å²) >= 11 is 0. The predicted molar refractivity (Wildman–Crippen MR) is 46.7 cm³/mol. The van der Waals surface area contributed by atoms with Gasteiger partial charge in [-0.1, -0.05) is 13.3 Å². The lowest BCUT2D eigenvalue weighted by Crippen LogP contribution is -2.35. The molecule has 1 atom stereocenters. The molecule has 0 aromatic heterocycles. The van der Waals surface area contributed by atoms with E-state index >= 15 is 0 Å². The van der Waals surface area contributed by atoms with Crippen molar-refractivity contribution in [2.45, 2.75) is 38.6 Å². The maximum absolute atomic E-state index is 11.3. The third-order valence-electron chi connectivity index (χ3n) is 2.42. The summed E-state index contributed by atoms with van der Waals surface area (Å²) in [6.07, 6.45) is 3.84. The SMILES string of the molecule is CCCC1CCC(=O)N1CCO. The third kappa shape index (κ3) is 1.97. The highest BCUT2D eigenvalue weighted by atomic mass is 16.3. The van der Waals surface area contributed by atoms with Crippen LogP contribution in [-0.2, 0) is 4.79 Å². The zero-order valence-corrected chi connectivity index (χ0v) is 7.62. The van der Waals surface area contributed by atoms with Gasteiger partial charge in [0.05, 0.1) is 6.61 Å². The van der Waals surface area contributed by atoms with E-state index in [1.54, 1.807) is 0 Å². The number of β-amino-alcohol motifs (C(OH)–C–C–N with tert-alkyl or cyclic N) is 1. The minimum Gasteiger partial charge on any atom is -0.395 e. The topological polar surface area (TPSA) is 40.5 Å². The molecule has 3 heteroatoms. The number of aliphatic hydroxyl groups is 1. The van der Waals surface area contributed by atoms with E-state index < -0.39 is 0 Å². The Balaban J connectivity index is 2.45. The van der Waals surface area contributed by atoms with Gasteiger partial charge in [0, 0.05) is 19.0 Å². The maximum Gasteiger partial charge on any atom is 0.222 e. The number of carbonyl (C=O) groups excluding carboxylic acids is 1. The van der Waals surface area contributed by atoms with E-state index in [0.29, 0.717) is 19.0 Å². The monoisotopic (exact) mass is 171 g/mol. The summed E-state index contributed by atoms with van der Waals surface area (Å²) in [5, 5.41) is 8.74. The van der Waals surface area contributed by atoms with Gasteiger partial charge in [0.25, 0.3) is 0 Å². The predicted octanol–water partition coefficient (Wildman–Crippen LogP) is 0.770. The highest BCUT2D eigenvalue weighted by Gasteiger charge is 2.29. The molecule has 1 aliphatic rings. The number of amides is 1. The average molecular weight is 171 g/mol. The lowest BCUT2D eigenvalue weighted by molar-refractivity contribution is -0.129. The molecule has 1 fully saturated rings. The van der Waals surface area contributed by atoms with Gasteiger partial charge < -0.3 is 10.0 Å². The summed E-state index contributed by atoms with van der Waals surface area (Å²) in [7, 11) is 0. The molecule has 0 aromatic rings. The second-order valence-electron chi connectivity index (χ2n) is 3.29. The molecule has 0 saturated carbocycles. The van der Waals surface area contributed by atoms with Crippen LogP contribution in [0.2, 0.25) is 0 Å². The first-order valence-corrected chi connectivity index (χ1v) is 4.70. The van der Waals surface area contributed by atoms with Gasteiger partial charge in [0.15, 0.2) is 0 Å². The molecule has 1 N–H and O–H groups in total. The first-order valence-electron chi connectivity index (χ1n) is 4.70. The van der Waals surface area contributed by atoms with Crippen molar-refractivity contribution in [2.24, 2.45) is 0 Å². The van der Waals surface area contributed by atoms with Gasteiger partial charge in [-0.25, -0.2) is 0 Å². The van der Waals surface area contributed by atoms with E-state index in [1.807, 2.05) is 4.90 Å². The summed E-state index contributed by atoms with van der Waals surface area (Å²) in [5.41, 5.74) is 0. The Bertz CT molecular complexity index is 159. The lowest BCUT2D eigenvalue weighted by atomic mass is 10.1. The Morgan fingerprint density at radius 1 is 1.67 bits per heavy atom. The molecule has 70 valence electrons. The molecule has 12 heavy (non-hydrogen) atoms. The Labute approximate surface area is 73.4 Å². The molecule has 0 bridgehead atoms. The number of carbonyl (C=O) groups is 1. The van der Waals surface area contributed by atoms with Crippen molar-refractivity contribution >= 4 is 5.91 Å². The van der Waals surface area contributed by atoms with Crippen LogP contribution >= 0.6 is 0 Å². The van der Waals surface area contributed by atoms with Gasteiger partial charge in [-0.15, -0.1) is 0 Å². The van der Waals surface area contributed by atoms with Crippen molar-refractivity contribution in [3.05, 3.63) is 0 Å². The van der Waals surface area contributed by atoms with E-state index in [1.165, 1.54) is 0 Å². The summed E-state index contributed by atoms with van der Waals surface area (Å²) in [5.74, 6) is 0.211. The van der Waals surface area contributed by atoms with Crippen LogP contribution in [0.3, 0.4) is 0 Å². The van der Waals surface area contributed by atoms with Gasteiger partial charge in [-0.2, -0.15) is 0 Å². The molecule has 1 heterocycles. The highest BCUT2D eigenvalue weighted by Crippen LogP contribution is 2.21. The molecule has 1 rings (SSSR count). The minimum atomic E-state index is 0.0892. The standard InChI is InChI=1S/C9H17NO2/c1-2-3-8-4-5-9(12)10(8)6-7-11/h8,11H,2-7H2,1H3. The van der Waals surface area contributed by atoms with Crippen LogP contribution < -0.4 is 0 Å². The largest absolute Gasteiger partial charge is 0.395 e. The quantitative estimate of drug-likeness (QED) is 0.678. The smallest absolute Gasteiger partial charge is 0.222 e. The molecule has 0 aliphatic carbocycles. The summed E-state index contributed by atoms with van der Waals surface area (Å²) in [4.78, 5) is 13.1. The van der Waals surface area contributed by atoms with Gasteiger partial charge >= 0.3 is 0 Å². The fourth-order valence-corrected chi connectivity index (χ4v) is 1.84. The number of hydrogen-bond donors (Lipinski definition) is 1. The maximum atomic E-state index is 11.3. The van der Waals surface area contributed by atoms with Gasteiger partial charge in [0.1, 0.15) is 0 Å². The molecule has 1 unspecified atom stereocenters. The number of nitrogens with zero attached hydrogens (tertiary/aromatic N) is 1. The number of aliphatic hydroxyl groups excluding tert-OH is 1. The molecule has 0 aromatic carbocycles. The van der Waals surface area contributed by atoms with E-state index in [2.05, 4.69) is 6.92 Å². The molecule has 1 aliphatic heterocycles. The number of likely N-dealkylation sites (tertiary alicyclic amines) is 1. The molecule has 3 nitrogen and oxygen atoms in total. The Morgan fingerprint density at radius 3 is 3.00 bits per heavy atom. The summed E-state index contributed by atoms with van der Waals surface area (Å²) in [6.45, 7) is 2.73.